The van der Waals surface area contributed by atoms with Crippen LogP contribution in [-0.4, -0.2) is 19.1 Å². The lowest BCUT2D eigenvalue weighted by Crippen LogP contribution is -1.98. The third-order valence-corrected chi connectivity index (χ3v) is 0.312. The fourth-order valence-corrected chi connectivity index (χ4v) is 0.140. The zero-order valence-electron chi connectivity index (χ0n) is 6.63. The van der Waals surface area contributed by atoms with Crippen LogP contribution in [0, 0.1) is 0 Å². The lowest BCUT2D eigenvalue weighted by atomic mass is 11.0. The molecule has 0 aliphatic carbocycles. The highest BCUT2D eigenvalue weighted by atomic mass is 15.5. The first kappa shape index (κ1) is 11.0. The van der Waals surface area contributed by atoms with Crippen LogP contribution in [0.4, 0.5) is 0 Å². The minimum absolute atomic E-state index is 1.39. The lowest BCUT2D eigenvalue weighted by molar-refractivity contribution is 0.407. The second-order valence-corrected chi connectivity index (χ2v) is 1.23. The standard InChI is InChI=1S/C4H9N3.C2H6/c1-4-5-6-7(2)3;1-2/h4H,1H2,2-3H3;1-2H3. The van der Waals surface area contributed by atoms with Crippen LogP contribution in [0.1, 0.15) is 13.8 Å². The first-order valence-electron chi connectivity index (χ1n) is 2.96. The summed E-state index contributed by atoms with van der Waals surface area (Å²) in [6.45, 7) is 7.35. The van der Waals surface area contributed by atoms with Crippen LogP contribution in [0.3, 0.4) is 0 Å². The normalized spacial score (nSPS) is 8.00. The Balaban J connectivity index is 0. The number of nitrogens with zero attached hydrogens (tertiary/aromatic N) is 3. The summed E-state index contributed by atoms with van der Waals surface area (Å²) in [6.07, 6.45) is 1.39. The van der Waals surface area contributed by atoms with E-state index in [9.17, 15) is 0 Å². The Kier molecular flexibility index (Phi) is 12.5. The van der Waals surface area contributed by atoms with Crippen molar-refractivity contribution in [3.05, 3.63) is 12.8 Å². The topological polar surface area (TPSA) is 28.0 Å². The summed E-state index contributed by atoms with van der Waals surface area (Å²) < 4.78 is 0. The van der Waals surface area contributed by atoms with E-state index in [-0.39, 0.29) is 0 Å². The quantitative estimate of drug-likeness (QED) is 0.414. The molecular formula is C6H15N3. The lowest BCUT2D eigenvalue weighted by Gasteiger charge is -1.96. The van der Waals surface area contributed by atoms with E-state index in [4.69, 9.17) is 0 Å². The monoisotopic (exact) mass is 129 g/mol. The maximum Gasteiger partial charge on any atom is 0.0441 e. The van der Waals surface area contributed by atoms with Crippen molar-refractivity contribution >= 4 is 0 Å². The first-order chi connectivity index (χ1) is 4.27. The Bertz CT molecular complexity index is 76.4. The predicted molar refractivity (Wildman–Crippen MR) is 40.1 cm³/mol. The summed E-state index contributed by atoms with van der Waals surface area (Å²) >= 11 is 0. The molecule has 0 saturated heterocycles. The Morgan fingerprint density at radius 2 is 1.78 bits per heavy atom. The molecule has 0 radical (unpaired) electrons. The van der Waals surface area contributed by atoms with Crippen LogP contribution in [0.15, 0.2) is 23.1 Å². The van der Waals surface area contributed by atoms with Crippen molar-refractivity contribution in [3.63, 3.8) is 0 Å². The molecule has 0 spiro atoms. The van der Waals surface area contributed by atoms with Crippen molar-refractivity contribution in [1.29, 1.82) is 0 Å². The van der Waals surface area contributed by atoms with E-state index in [1.807, 2.05) is 13.8 Å². The molecule has 3 nitrogen and oxygen atoms in total. The van der Waals surface area contributed by atoms with Crippen LogP contribution < -0.4 is 0 Å². The van der Waals surface area contributed by atoms with Gasteiger partial charge in [0.1, 0.15) is 0 Å². The van der Waals surface area contributed by atoms with E-state index < -0.39 is 0 Å². The van der Waals surface area contributed by atoms with E-state index in [2.05, 4.69) is 16.9 Å². The van der Waals surface area contributed by atoms with Crippen molar-refractivity contribution < 1.29 is 0 Å². The van der Waals surface area contributed by atoms with E-state index in [1.54, 1.807) is 19.1 Å². The first-order valence-corrected chi connectivity index (χ1v) is 2.96. The molecule has 0 fully saturated rings. The SMILES string of the molecule is C=CN=NN(C)C.CC. The van der Waals surface area contributed by atoms with Crippen molar-refractivity contribution in [3.8, 4) is 0 Å². The van der Waals surface area contributed by atoms with Crippen molar-refractivity contribution in [2.45, 2.75) is 13.8 Å². The Hall–Kier alpha value is -0.860. The van der Waals surface area contributed by atoms with Gasteiger partial charge in [0.25, 0.3) is 0 Å². The molecule has 0 aliphatic rings. The zero-order chi connectivity index (χ0) is 7.70. The fourth-order valence-electron chi connectivity index (χ4n) is 0.140. The van der Waals surface area contributed by atoms with Crippen LogP contribution in [0.5, 0.6) is 0 Å². The van der Waals surface area contributed by atoms with Gasteiger partial charge in [0.2, 0.25) is 0 Å². The number of rotatable bonds is 2. The maximum absolute atomic E-state index is 3.58. The third kappa shape index (κ3) is 19.1. The van der Waals surface area contributed by atoms with Crippen LogP contribution >= 0.6 is 0 Å². The van der Waals surface area contributed by atoms with Gasteiger partial charge in [0, 0.05) is 20.3 Å². The molecule has 54 valence electrons. The Morgan fingerprint density at radius 1 is 1.33 bits per heavy atom. The van der Waals surface area contributed by atoms with Crippen LogP contribution in [0.25, 0.3) is 0 Å². The van der Waals surface area contributed by atoms with Gasteiger partial charge >= 0.3 is 0 Å². The molecule has 0 saturated carbocycles. The van der Waals surface area contributed by atoms with Gasteiger partial charge in [-0.25, -0.2) is 0 Å². The molecule has 0 bridgehead atoms. The van der Waals surface area contributed by atoms with Gasteiger partial charge in [-0.3, -0.25) is 5.01 Å². The maximum atomic E-state index is 3.58. The van der Waals surface area contributed by atoms with Gasteiger partial charge < -0.3 is 0 Å². The molecule has 0 heterocycles. The van der Waals surface area contributed by atoms with Gasteiger partial charge in [-0.1, -0.05) is 25.6 Å². The minimum Gasteiger partial charge on any atom is -0.285 e. The average molecular weight is 129 g/mol. The predicted octanol–water partition coefficient (Wildman–Crippen LogP) is 2.08. The molecule has 0 aliphatic heterocycles. The number of hydrogen-bond acceptors (Lipinski definition) is 2. The van der Waals surface area contributed by atoms with Gasteiger partial charge in [0.05, 0.1) is 0 Å². The molecule has 0 unspecified atom stereocenters. The highest BCUT2D eigenvalue weighted by Gasteiger charge is 1.69. The van der Waals surface area contributed by atoms with E-state index in [0.717, 1.165) is 0 Å². The van der Waals surface area contributed by atoms with Crippen molar-refractivity contribution in [1.82, 2.24) is 5.01 Å². The molecule has 0 aromatic heterocycles. The van der Waals surface area contributed by atoms with Crippen molar-refractivity contribution in [2.75, 3.05) is 14.1 Å². The van der Waals surface area contributed by atoms with Gasteiger partial charge in [-0.05, 0) is 0 Å². The molecule has 0 N–H and O–H groups in total. The van der Waals surface area contributed by atoms with Gasteiger partial charge in [-0.2, -0.15) is 0 Å². The molecule has 0 amide bonds. The third-order valence-electron chi connectivity index (χ3n) is 0.312. The molecule has 0 rings (SSSR count). The summed E-state index contributed by atoms with van der Waals surface area (Å²) in [6, 6.07) is 0. The van der Waals surface area contributed by atoms with Gasteiger partial charge in [0.15, 0.2) is 0 Å². The van der Waals surface area contributed by atoms with Crippen molar-refractivity contribution in [2.24, 2.45) is 10.3 Å². The zero-order valence-corrected chi connectivity index (χ0v) is 6.63. The Labute approximate surface area is 57.1 Å². The molecular weight excluding hydrogens is 114 g/mol. The van der Waals surface area contributed by atoms with Gasteiger partial charge in [-0.15, -0.1) is 5.11 Å². The fraction of sp³-hybridized carbons (Fsp3) is 0.667. The average Bonchev–Trinajstić information content (AvgIpc) is 1.88. The van der Waals surface area contributed by atoms with Crippen LogP contribution in [-0.2, 0) is 0 Å². The molecule has 3 heteroatoms. The largest absolute Gasteiger partial charge is 0.285 e. The highest BCUT2D eigenvalue weighted by Crippen LogP contribution is 1.76. The molecule has 0 aromatic carbocycles. The second-order valence-electron chi connectivity index (χ2n) is 1.23. The Morgan fingerprint density at radius 3 is 1.89 bits per heavy atom. The highest BCUT2D eigenvalue weighted by molar-refractivity contribution is 4.55. The number of hydrogen-bond donors (Lipinski definition) is 0. The summed E-state index contributed by atoms with van der Waals surface area (Å²) in [5, 5.41) is 8.67. The van der Waals surface area contributed by atoms with E-state index in [1.165, 1.54) is 6.20 Å². The summed E-state index contributed by atoms with van der Waals surface area (Å²) in [7, 11) is 3.60. The summed E-state index contributed by atoms with van der Waals surface area (Å²) in [4.78, 5) is 0. The second kappa shape index (κ2) is 10.2. The summed E-state index contributed by atoms with van der Waals surface area (Å²) in [5.41, 5.74) is 0. The smallest absolute Gasteiger partial charge is 0.0441 e. The summed E-state index contributed by atoms with van der Waals surface area (Å²) in [5.74, 6) is 0. The van der Waals surface area contributed by atoms with E-state index >= 15 is 0 Å². The molecule has 0 atom stereocenters. The minimum atomic E-state index is 1.39. The molecule has 9 heavy (non-hydrogen) atoms. The van der Waals surface area contributed by atoms with Crippen LogP contribution in [0.2, 0.25) is 0 Å². The van der Waals surface area contributed by atoms with E-state index in [0.29, 0.717) is 0 Å². The molecule has 0 aromatic rings.